The van der Waals surface area contributed by atoms with Crippen molar-refractivity contribution in [3.05, 3.63) is 16.1 Å². The molecule has 1 saturated carbocycles. The van der Waals surface area contributed by atoms with E-state index in [1.807, 2.05) is 0 Å². The van der Waals surface area contributed by atoms with Gasteiger partial charge in [-0.25, -0.2) is 4.98 Å². The number of rotatable bonds is 5. The van der Waals surface area contributed by atoms with Crippen LogP contribution in [0.15, 0.2) is 10.4 Å². The predicted molar refractivity (Wildman–Crippen MR) is 107 cm³/mol. The van der Waals surface area contributed by atoms with Crippen LogP contribution in [0.25, 0.3) is 0 Å². The molecule has 1 aromatic heterocycles. The van der Waals surface area contributed by atoms with Crippen LogP contribution in [0.5, 0.6) is 0 Å². The molecular formula is C16H26F3IN4S. The molecule has 0 radical (unpaired) electrons. The Morgan fingerprint density at radius 3 is 2.52 bits per heavy atom. The zero-order valence-corrected chi connectivity index (χ0v) is 17.7. The summed E-state index contributed by atoms with van der Waals surface area (Å²) in [4.78, 5) is 7.78. The van der Waals surface area contributed by atoms with E-state index >= 15 is 0 Å². The van der Waals surface area contributed by atoms with Crippen molar-refractivity contribution in [3.8, 4) is 0 Å². The second-order valence-electron chi connectivity index (χ2n) is 6.38. The van der Waals surface area contributed by atoms with Crippen molar-refractivity contribution in [3.63, 3.8) is 0 Å². The van der Waals surface area contributed by atoms with Gasteiger partial charge in [0.1, 0.15) is 0 Å². The van der Waals surface area contributed by atoms with Crippen LogP contribution in [-0.4, -0.2) is 31.1 Å². The Hall–Kier alpha value is -0.580. The molecule has 2 rings (SSSR count). The van der Waals surface area contributed by atoms with Crippen LogP contribution >= 0.6 is 35.3 Å². The van der Waals surface area contributed by atoms with Gasteiger partial charge in [-0.1, -0.05) is 19.8 Å². The molecule has 25 heavy (non-hydrogen) atoms. The third kappa shape index (κ3) is 7.67. The van der Waals surface area contributed by atoms with E-state index in [1.54, 1.807) is 7.05 Å². The quantitative estimate of drug-likeness (QED) is 0.368. The summed E-state index contributed by atoms with van der Waals surface area (Å²) in [5.41, 5.74) is -0.809. The lowest BCUT2D eigenvalue weighted by Crippen LogP contribution is -2.41. The Bertz CT molecular complexity index is 540. The van der Waals surface area contributed by atoms with E-state index in [0.717, 1.165) is 29.2 Å². The van der Waals surface area contributed by atoms with Crippen LogP contribution in [0.3, 0.4) is 0 Å². The molecule has 0 aliphatic heterocycles. The molecule has 1 heterocycles. The summed E-state index contributed by atoms with van der Waals surface area (Å²) in [5.74, 6) is 2.20. The Morgan fingerprint density at radius 1 is 1.28 bits per heavy atom. The third-order valence-corrected chi connectivity index (χ3v) is 5.30. The van der Waals surface area contributed by atoms with Crippen molar-refractivity contribution in [2.45, 2.75) is 45.2 Å². The maximum absolute atomic E-state index is 12.5. The van der Waals surface area contributed by atoms with Gasteiger partial charge in [-0.15, -0.1) is 35.3 Å². The van der Waals surface area contributed by atoms with Gasteiger partial charge < -0.3 is 10.6 Å². The van der Waals surface area contributed by atoms with E-state index in [9.17, 15) is 13.2 Å². The summed E-state index contributed by atoms with van der Waals surface area (Å²) in [6, 6.07) is 0. The standard InChI is InChI=1S/C16H25F3N4S.HI/c1-11-3-5-12(6-4-11)9-22-15(20-2)21-8-7-14-23-13(10-24-14)16(17,18)19;/h10-12H,3-9H2,1-2H3,(H2,20,21,22);1H. The van der Waals surface area contributed by atoms with Gasteiger partial charge >= 0.3 is 6.18 Å². The summed E-state index contributed by atoms with van der Waals surface area (Å²) in [6.07, 6.45) is 1.13. The number of nitrogens with zero attached hydrogens (tertiary/aromatic N) is 2. The highest BCUT2D eigenvalue weighted by Gasteiger charge is 2.33. The highest BCUT2D eigenvalue weighted by Crippen LogP contribution is 2.30. The zero-order valence-electron chi connectivity index (χ0n) is 14.5. The molecule has 0 spiro atoms. The number of halogens is 4. The molecule has 144 valence electrons. The first kappa shape index (κ1) is 22.5. The maximum atomic E-state index is 12.5. The Kier molecular flexibility index (Phi) is 9.47. The van der Waals surface area contributed by atoms with Gasteiger partial charge in [0.25, 0.3) is 0 Å². The van der Waals surface area contributed by atoms with E-state index in [-0.39, 0.29) is 24.0 Å². The predicted octanol–water partition coefficient (Wildman–Crippen LogP) is 4.31. The summed E-state index contributed by atoms with van der Waals surface area (Å²) >= 11 is 1.04. The lowest BCUT2D eigenvalue weighted by molar-refractivity contribution is -0.140. The van der Waals surface area contributed by atoms with E-state index < -0.39 is 11.9 Å². The molecule has 2 N–H and O–H groups in total. The molecule has 0 atom stereocenters. The Balaban J connectivity index is 0.00000312. The highest BCUT2D eigenvalue weighted by molar-refractivity contribution is 14.0. The number of guanidine groups is 1. The molecule has 4 nitrogen and oxygen atoms in total. The fourth-order valence-electron chi connectivity index (χ4n) is 2.84. The number of aromatic nitrogens is 1. The van der Waals surface area contributed by atoms with E-state index in [4.69, 9.17) is 0 Å². The topological polar surface area (TPSA) is 49.3 Å². The third-order valence-electron chi connectivity index (χ3n) is 4.39. The van der Waals surface area contributed by atoms with Crippen LogP contribution < -0.4 is 10.6 Å². The van der Waals surface area contributed by atoms with Crippen molar-refractivity contribution >= 4 is 41.3 Å². The summed E-state index contributed by atoms with van der Waals surface area (Å²) in [7, 11) is 1.70. The minimum atomic E-state index is -4.36. The number of thiazole rings is 1. The van der Waals surface area contributed by atoms with Gasteiger partial charge in [0.2, 0.25) is 0 Å². The maximum Gasteiger partial charge on any atom is 0.434 e. The summed E-state index contributed by atoms with van der Waals surface area (Å²) in [5, 5.41) is 7.99. The first-order valence-corrected chi connectivity index (χ1v) is 9.22. The largest absolute Gasteiger partial charge is 0.434 e. The second-order valence-corrected chi connectivity index (χ2v) is 7.32. The van der Waals surface area contributed by atoms with E-state index in [2.05, 4.69) is 27.5 Å². The smallest absolute Gasteiger partial charge is 0.356 e. The van der Waals surface area contributed by atoms with Gasteiger partial charge in [0.15, 0.2) is 11.7 Å². The van der Waals surface area contributed by atoms with Gasteiger partial charge in [-0.05, 0) is 24.7 Å². The summed E-state index contributed by atoms with van der Waals surface area (Å²) in [6.45, 7) is 3.70. The first-order valence-electron chi connectivity index (χ1n) is 8.34. The van der Waals surface area contributed by atoms with Crippen molar-refractivity contribution in [1.29, 1.82) is 0 Å². The Labute approximate surface area is 168 Å². The summed E-state index contributed by atoms with van der Waals surface area (Å²) < 4.78 is 37.5. The average molecular weight is 490 g/mol. The molecule has 0 aromatic carbocycles. The van der Waals surface area contributed by atoms with Crippen molar-refractivity contribution < 1.29 is 13.2 Å². The fraction of sp³-hybridized carbons (Fsp3) is 0.750. The minimum Gasteiger partial charge on any atom is -0.356 e. The molecule has 9 heteroatoms. The number of alkyl halides is 3. The number of hydrogen-bond acceptors (Lipinski definition) is 3. The van der Waals surface area contributed by atoms with Gasteiger partial charge in [0, 0.05) is 31.9 Å². The van der Waals surface area contributed by atoms with Crippen molar-refractivity contribution in [2.75, 3.05) is 20.1 Å². The zero-order chi connectivity index (χ0) is 17.6. The minimum absolute atomic E-state index is 0. The molecule has 1 aromatic rings. The Morgan fingerprint density at radius 2 is 1.96 bits per heavy atom. The first-order chi connectivity index (χ1) is 11.4. The SMILES string of the molecule is CN=C(NCCc1nc(C(F)(F)F)cs1)NCC1CCC(C)CC1.I. The highest BCUT2D eigenvalue weighted by atomic mass is 127. The normalized spacial score (nSPS) is 21.6. The molecule has 1 fully saturated rings. The molecule has 0 bridgehead atoms. The van der Waals surface area contributed by atoms with Gasteiger partial charge in [0.05, 0.1) is 5.01 Å². The van der Waals surface area contributed by atoms with Gasteiger partial charge in [-0.2, -0.15) is 13.2 Å². The molecule has 1 aliphatic carbocycles. The number of nitrogens with one attached hydrogen (secondary N) is 2. The molecule has 1 aliphatic rings. The van der Waals surface area contributed by atoms with E-state index in [0.29, 0.717) is 29.9 Å². The van der Waals surface area contributed by atoms with Crippen LogP contribution in [0, 0.1) is 11.8 Å². The number of aliphatic imine (C=N–C) groups is 1. The molecule has 0 amide bonds. The van der Waals surface area contributed by atoms with Crippen molar-refractivity contribution in [2.24, 2.45) is 16.8 Å². The fourth-order valence-corrected chi connectivity index (χ4v) is 3.64. The van der Waals surface area contributed by atoms with Crippen LogP contribution in [0.1, 0.15) is 43.3 Å². The average Bonchev–Trinajstić information content (AvgIpc) is 3.01. The lowest BCUT2D eigenvalue weighted by atomic mass is 9.83. The van der Waals surface area contributed by atoms with Crippen LogP contribution in [-0.2, 0) is 12.6 Å². The van der Waals surface area contributed by atoms with E-state index in [1.165, 1.54) is 25.7 Å². The van der Waals surface area contributed by atoms with Gasteiger partial charge in [-0.3, -0.25) is 4.99 Å². The monoisotopic (exact) mass is 490 g/mol. The van der Waals surface area contributed by atoms with Crippen molar-refractivity contribution in [1.82, 2.24) is 15.6 Å². The molecule has 0 unspecified atom stereocenters. The molecule has 0 saturated heterocycles. The van der Waals surface area contributed by atoms with Crippen LogP contribution in [0.2, 0.25) is 0 Å². The molecular weight excluding hydrogens is 464 g/mol. The number of hydrogen-bond donors (Lipinski definition) is 2. The lowest BCUT2D eigenvalue weighted by Gasteiger charge is -2.26. The second kappa shape index (κ2) is 10.5. The van der Waals surface area contributed by atoms with Crippen LogP contribution in [0.4, 0.5) is 13.2 Å².